The van der Waals surface area contributed by atoms with Gasteiger partial charge in [0.2, 0.25) is 5.91 Å². The number of nitrogens with zero attached hydrogens (tertiary/aromatic N) is 2. The molecule has 1 saturated heterocycles. The Kier molecular flexibility index (Phi) is 5.30. The fraction of sp³-hybridized carbons (Fsp3) is 0.474. The van der Waals surface area contributed by atoms with Crippen molar-refractivity contribution in [3.63, 3.8) is 0 Å². The van der Waals surface area contributed by atoms with Crippen LogP contribution in [0.4, 0.5) is 0 Å². The standard InChI is InChI=1S/C19H24N2O3/c1-14-10-17(24-20-14)11-16-12-21(13-18(16)22)19(23)9-5-8-15-6-3-2-4-7-15/h2-4,6-7,10,16,18,22H,5,8-9,11-13H2,1H3. The van der Waals surface area contributed by atoms with Crippen LogP contribution in [0.5, 0.6) is 0 Å². The summed E-state index contributed by atoms with van der Waals surface area (Å²) in [7, 11) is 0. The number of amides is 1. The molecule has 5 heteroatoms. The summed E-state index contributed by atoms with van der Waals surface area (Å²) < 4.78 is 5.22. The topological polar surface area (TPSA) is 66.6 Å². The van der Waals surface area contributed by atoms with Crippen LogP contribution in [0.25, 0.3) is 0 Å². The van der Waals surface area contributed by atoms with E-state index in [0.717, 1.165) is 24.3 Å². The quantitative estimate of drug-likeness (QED) is 0.884. The monoisotopic (exact) mass is 328 g/mol. The average Bonchev–Trinajstić information content (AvgIpc) is 3.15. The van der Waals surface area contributed by atoms with Crippen LogP contribution >= 0.6 is 0 Å². The van der Waals surface area contributed by atoms with Gasteiger partial charge in [-0.3, -0.25) is 4.79 Å². The summed E-state index contributed by atoms with van der Waals surface area (Å²) in [6, 6.07) is 12.1. The number of aliphatic hydroxyl groups is 1. The Morgan fingerprint density at radius 3 is 2.83 bits per heavy atom. The molecule has 128 valence electrons. The molecule has 1 aromatic carbocycles. The van der Waals surface area contributed by atoms with E-state index in [1.807, 2.05) is 31.2 Å². The second kappa shape index (κ2) is 7.62. The van der Waals surface area contributed by atoms with Crippen LogP contribution in [-0.4, -0.2) is 40.3 Å². The molecular formula is C19H24N2O3. The highest BCUT2D eigenvalue weighted by atomic mass is 16.5. The number of benzene rings is 1. The van der Waals surface area contributed by atoms with Crippen LogP contribution in [0.1, 0.15) is 29.9 Å². The molecule has 1 aliphatic rings. The van der Waals surface area contributed by atoms with Crippen molar-refractivity contribution in [2.45, 2.75) is 38.7 Å². The number of likely N-dealkylation sites (tertiary alicyclic amines) is 1. The average molecular weight is 328 g/mol. The van der Waals surface area contributed by atoms with Gasteiger partial charge in [-0.15, -0.1) is 0 Å². The van der Waals surface area contributed by atoms with Crippen molar-refractivity contribution in [1.29, 1.82) is 0 Å². The van der Waals surface area contributed by atoms with Gasteiger partial charge < -0.3 is 14.5 Å². The van der Waals surface area contributed by atoms with Crippen LogP contribution < -0.4 is 0 Å². The minimum Gasteiger partial charge on any atom is -0.391 e. The van der Waals surface area contributed by atoms with Crippen molar-refractivity contribution in [3.05, 3.63) is 53.4 Å². The summed E-state index contributed by atoms with van der Waals surface area (Å²) in [6.07, 6.45) is 2.39. The van der Waals surface area contributed by atoms with Crippen molar-refractivity contribution in [2.75, 3.05) is 13.1 Å². The highest BCUT2D eigenvalue weighted by Crippen LogP contribution is 2.23. The third-order valence-electron chi connectivity index (χ3n) is 4.60. The molecule has 0 saturated carbocycles. The molecule has 2 unspecified atom stereocenters. The van der Waals surface area contributed by atoms with E-state index in [0.29, 0.717) is 25.9 Å². The normalized spacial score (nSPS) is 20.5. The molecule has 1 aromatic heterocycles. The Labute approximate surface area is 142 Å². The largest absolute Gasteiger partial charge is 0.391 e. The number of hydrogen-bond donors (Lipinski definition) is 1. The predicted molar refractivity (Wildman–Crippen MR) is 90.4 cm³/mol. The first-order valence-electron chi connectivity index (χ1n) is 8.54. The van der Waals surface area contributed by atoms with Gasteiger partial charge in [-0.2, -0.15) is 0 Å². The zero-order valence-corrected chi connectivity index (χ0v) is 14.0. The van der Waals surface area contributed by atoms with E-state index in [1.165, 1.54) is 5.56 Å². The molecule has 2 aromatic rings. The molecule has 5 nitrogen and oxygen atoms in total. The van der Waals surface area contributed by atoms with Crippen LogP contribution in [-0.2, 0) is 17.6 Å². The summed E-state index contributed by atoms with van der Waals surface area (Å²) in [5.74, 6) is 0.923. The third kappa shape index (κ3) is 4.23. The van der Waals surface area contributed by atoms with Gasteiger partial charge in [-0.05, 0) is 25.3 Å². The van der Waals surface area contributed by atoms with E-state index >= 15 is 0 Å². The number of aryl methyl sites for hydroxylation is 2. The maximum Gasteiger partial charge on any atom is 0.222 e. The van der Waals surface area contributed by atoms with Gasteiger partial charge in [-0.25, -0.2) is 0 Å². The fourth-order valence-electron chi connectivity index (χ4n) is 3.28. The van der Waals surface area contributed by atoms with Gasteiger partial charge in [0.1, 0.15) is 5.76 Å². The van der Waals surface area contributed by atoms with Gasteiger partial charge >= 0.3 is 0 Å². The fourth-order valence-corrected chi connectivity index (χ4v) is 3.28. The van der Waals surface area contributed by atoms with Gasteiger partial charge in [0.15, 0.2) is 0 Å². The summed E-state index contributed by atoms with van der Waals surface area (Å²) in [5, 5.41) is 14.1. The van der Waals surface area contributed by atoms with E-state index in [1.54, 1.807) is 4.90 Å². The van der Waals surface area contributed by atoms with Crippen LogP contribution in [0.15, 0.2) is 40.9 Å². The zero-order chi connectivity index (χ0) is 16.9. The number of hydrogen-bond acceptors (Lipinski definition) is 4. The Morgan fingerprint density at radius 2 is 2.12 bits per heavy atom. The van der Waals surface area contributed by atoms with Crippen LogP contribution in [0.3, 0.4) is 0 Å². The summed E-state index contributed by atoms with van der Waals surface area (Å²) in [4.78, 5) is 14.1. The second-order valence-electron chi connectivity index (χ2n) is 6.60. The molecule has 1 amide bonds. The molecular weight excluding hydrogens is 304 g/mol. The van der Waals surface area contributed by atoms with E-state index < -0.39 is 6.10 Å². The third-order valence-corrected chi connectivity index (χ3v) is 4.60. The van der Waals surface area contributed by atoms with Crippen LogP contribution in [0, 0.1) is 12.8 Å². The number of carbonyl (C=O) groups is 1. The second-order valence-corrected chi connectivity index (χ2v) is 6.60. The van der Waals surface area contributed by atoms with Crippen molar-refractivity contribution in [1.82, 2.24) is 10.1 Å². The molecule has 2 atom stereocenters. The lowest BCUT2D eigenvalue weighted by Crippen LogP contribution is -2.29. The number of aromatic nitrogens is 1. The van der Waals surface area contributed by atoms with E-state index in [-0.39, 0.29) is 11.8 Å². The molecule has 2 heterocycles. The molecule has 0 aliphatic carbocycles. The maximum absolute atomic E-state index is 12.4. The van der Waals surface area contributed by atoms with Gasteiger partial charge in [-0.1, -0.05) is 35.5 Å². The number of carbonyl (C=O) groups excluding carboxylic acids is 1. The van der Waals surface area contributed by atoms with Crippen LogP contribution in [0.2, 0.25) is 0 Å². The lowest BCUT2D eigenvalue weighted by atomic mass is 10.0. The van der Waals surface area contributed by atoms with E-state index in [2.05, 4.69) is 17.3 Å². The Morgan fingerprint density at radius 1 is 1.33 bits per heavy atom. The molecule has 0 bridgehead atoms. The molecule has 24 heavy (non-hydrogen) atoms. The highest BCUT2D eigenvalue weighted by molar-refractivity contribution is 5.76. The smallest absolute Gasteiger partial charge is 0.222 e. The molecule has 3 rings (SSSR count). The first-order chi connectivity index (χ1) is 11.6. The van der Waals surface area contributed by atoms with Crippen molar-refractivity contribution in [2.24, 2.45) is 5.92 Å². The van der Waals surface area contributed by atoms with Gasteiger partial charge in [0, 0.05) is 37.9 Å². The maximum atomic E-state index is 12.4. The van der Waals surface area contributed by atoms with Crippen molar-refractivity contribution >= 4 is 5.91 Å². The lowest BCUT2D eigenvalue weighted by molar-refractivity contribution is -0.130. The first kappa shape index (κ1) is 16.7. The van der Waals surface area contributed by atoms with Gasteiger partial charge in [0.25, 0.3) is 0 Å². The minimum atomic E-state index is -0.492. The highest BCUT2D eigenvalue weighted by Gasteiger charge is 2.34. The number of aliphatic hydroxyl groups excluding tert-OH is 1. The van der Waals surface area contributed by atoms with Crippen molar-refractivity contribution in [3.8, 4) is 0 Å². The predicted octanol–water partition coefficient (Wildman–Crippen LogP) is 2.37. The lowest BCUT2D eigenvalue weighted by Gasteiger charge is -2.15. The zero-order valence-electron chi connectivity index (χ0n) is 14.0. The Hall–Kier alpha value is -2.14. The van der Waals surface area contributed by atoms with Crippen molar-refractivity contribution < 1.29 is 14.4 Å². The molecule has 0 radical (unpaired) electrons. The SMILES string of the molecule is Cc1cc(CC2CN(C(=O)CCCc3ccccc3)CC2O)on1. The summed E-state index contributed by atoms with van der Waals surface area (Å²) in [6.45, 7) is 2.88. The number of rotatable bonds is 6. The molecule has 1 aliphatic heterocycles. The minimum absolute atomic E-state index is 0.0235. The number of β-amino-alcohol motifs (C(OH)–C–C–N with tert-alkyl or cyclic N) is 1. The summed E-state index contributed by atoms with van der Waals surface area (Å²) >= 11 is 0. The Bertz CT molecular complexity index is 668. The first-order valence-corrected chi connectivity index (χ1v) is 8.54. The molecule has 1 fully saturated rings. The van der Waals surface area contributed by atoms with E-state index in [9.17, 15) is 9.90 Å². The van der Waals surface area contributed by atoms with E-state index in [4.69, 9.17) is 4.52 Å². The Balaban J connectivity index is 1.46. The van der Waals surface area contributed by atoms with Gasteiger partial charge in [0.05, 0.1) is 11.8 Å². The summed E-state index contributed by atoms with van der Waals surface area (Å²) in [5.41, 5.74) is 2.09. The molecule has 0 spiro atoms. The molecule has 1 N–H and O–H groups in total.